The molecule has 1 aliphatic heterocycles. The van der Waals surface area contributed by atoms with Crippen LogP contribution < -0.4 is 14.8 Å². The number of amidine groups is 1. The van der Waals surface area contributed by atoms with Gasteiger partial charge in [0.15, 0.2) is 0 Å². The minimum Gasteiger partial charge on any atom is -0.497 e. The number of aliphatic imine (C=N–C) groups is 1. The van der Waals surface area contributed by atoms with Crippen LogP contribution >= 0.6 is 11.6 Å². The molecule has 0 aromatic heterocycles. The van der Waals surface area contributed by atoms with Gasteiger partial charge in [0, 0.05) is 19.0 Å². The molecule has 150 valence electrons. The molecule has 0 fully saturated rings. The van der Waals surface area contributed by atoms with Gasteiger partial charge in [-0.15, -0.1) is 0 Å². The van der Waals surface area contributed by atoms with Crippen molar-refractivity contribution in [2.75, 3.05) is 40.5 Å². The van der Waals surface area contributed by atoms with Gasteiger partial charge in [-0.2, -0.15) is 0 Å². The van der Waals surface area contributed by atoms with Crippen LogP contribution in [0.1, 0.15) is 5.56 Å². The van der Waals surface area contributed by atoms with E-state index in [1.807, 2.05) is 30.3 Å². The molecule has 0 amide bonds. The van der Waals surface area contributed by atoms with Crippen molar-refractivity contribution in [1.29, 1.82) is 0 Å². The fourth-order valence-corrected chi connectivity index (χ4v) is 3.76. The maximum absolute atomic E-state index is 6.78. The molecule has 4 rings (SSSR count). The van der Waals surface area contributed by atoms with Crippen LogP contribution in [0.4, 0.5) is 0 Å². The van der Waals surface area contributed by atoms with Crippen LogP contribution in [0, 0.1) is 0 Å². The normalized spacial score (nSPS) is 13.3. The van der Waals surface area contributed by atoms with Crippen LogP contribution in [-0.2, 0) is 4.74 Å². The van der Waals surface area contributed by atoms with Gasteiger partial charge in [0.05, 0.1) is 30.8 Å². The molecule has 0 saturated carbocycles. The Morgan fingerprint density at radius 2 is 1.79 bits per heavy atom. The highest BCUT2D eigenvalue weighted by atomic mass is 35.5. The van der Waals surface area contributed by atoms with Crippen LogP contribution in [0.3, 0.4) is 0 Å². The van der Waals surface area contributed by atoms with Crippen LogP contribution in [-0.4, -0.2) is 46.4 Å². The quantitative estimate of drug-likeness (QED) is 0.581. The van der Waals surface area contributed by atoms with Gasteiger partial charge in [0.2, 0.25) is 0 Å². The predicted octanol–water partition coefficient (Wildman–Crippen LogP) is 4.54. The Hall–Kier alpha value is -2.76. The molecule has 0 radical (unpaired) electrons. The van der Waals surface area contributed by atoms with E-state index < -0.39 is 0 Å². The van der Waals surface area contributed by atoms with Gasteiger partial charge in [0.25, 0.3) is 0 Å². The van der Waals surface area contributed by atoms with Gasteiger partial charge in [-0.1, -0.05) is 35.9 Å². The molecular formula is C23H23ClN2O3. The Bertz CT molecular complexity index is 1050. The molecule has 0 unspecified atom stereocenters. The zero-order valence-corrected chi connectivity index (χ0v) is 17.3. The molecule has 0 spiro atoms. The van der Waals surface area contributed by atoms with Crippen molar-refractivity contribution < 1.29 is 14.2 Å². The number of hydrogen-bond donors (Lipinski definition) is 1. The number of methoxy groups -OCH3 is 2. The minimum atomic E-state index is 0.423. The number of hydrogen-bond acceptors (Lipinski definition) is 5. The largest absolute Gasteiger partial charge is 0.497 e. The predicted molar refractivity (Wildman–Crippen MR) is 118 cm³/mol. The van der Waals surface area contributed by atoms with E-state index >= 15 is 0 Å². The van der Waals surface area contributed by atoms with Crippen molar-refractivity contribution in [2.24, 2.45) is 4.99 Å². The van der Waals surface area contributed by atoms with Gasteiger partial charge in [-0.3, -0.25) is 4.99 Å². The standard InChI is InChI=1S/C23H23ClN2O3/c1-27-11-12-29-22-20(23-25-9-10-26-23)14-17-13-16(5-8-19(17)21(22)24)15-3-6-18(28-2)7-4-15/h3-8,13-14H,9-12H2,1-2H3,(H,25,26). The molecule has 0 atom stereocenters. The smallest absolute Gasteiger partial charge is 0.149 e. The first-order valence-electron chi connectivity index (χ1n) is 9.52. The molecular weight excluding hydrogens is 388 g/mol. The first kappa shape index (κ1) is 19.6. The SMILES string of the molecule is COCCOc1c(C2=NCCN2)cc2cc(-c3ccc(OC)cc3)ccc2c1Cl. The molecule has 6 heteroatoms. The molecule has 29 heavy (non-hydrogen) atoms. The molecule has 3 aromatic carbocycles. The highest BCUT2D eigenvalue weighted by Gasteiger charge is 2.20. The lowest BCUT2D eigenvalue weighted by Gasteiger charge is -2.16. The van der Waals surface area contributed by atoms with Crippen molar-refractivity contribution in [3.05, 3.63) is 59.1 Å². The Kier molecular flexibility index (Phi) is 5.88. The third-order valence-corrected chi connectivity index (χ3v) is 5.29. The molecule has 0 bridgehead atoms. The van der Waals surface area contributed by atoms with E-state index in [0.717, 1.165) is 52.1 Å². The van der Waals surface area contributed by atoms with E-state index in [9.17, 15) is 0 Å². The third kappa shape index (κ3) is 4.02. The second-order valence-electron chi connectivity index (χ2n) is 6.73. The van der Waals surface area contributed by atoms with E-state index in [0.29, 0.717) is 24.0 Å². The van der Waals surface area contributed by atoms with Crippen LogP contribution in [0.2, 0.25) is 5.02 Å². The Morgan fingerprint density at radius 3 is 2.48 bits per heavy atom. The second kappa shape index (κ2) is 8.72. The summed E-state index contributed by atoms with van der Waals surface area (Å²) in [6.07, 6.45) is 0. The van der Waals surface area contributed by atoms with Gasteiger partial charge in [-0.25, -0.2) is 0 Å². The zero-order chi connectivity index (χ0) is 20.2. The topological polar surface area (TPSA) is 52.1 Å². The first-order chi connectivity index (χ1) is 14.2. The Labute approximate surface area is 175 Å². The summed E-state index contributed by atoms with van der Waals surface area (Å²) in [6, 6.07) is 16.4. The van der Waals surface area contributed by atoms with Gasteiger partial charge in [0.1, 0.15) is 23.9 Å². The molecule has 5 nitrogen and oxygen atoms in total. The summed E-state index contributed by atoms with van der Waals surface area (Å²) in [4.78, 5) is 4.56. The average Bonchev–Trinajstić information content (AvgIpc) is 3.30. The summed E-state index contributed by atoms with van der Waals surface area (Å²) in [5.41, 5.74) is 3.10. The van der Waals surface area contributed by atoms with E-state index in [2.05, 4.69) is 28.5 Å². The van der Waals surface area contributed by atoms with E-state index in [-0.39, 0.29) is 0 Å². The van der Waals surface area contributed by atoms with Crippen molar-refractivity contribution in [3.8, 4) is 22.6 Å². The number of halogens is 1. The summed E-state index contributed by atoms with van der Waals surface area (Å²) in [7, 11) is 3.32. The minimum absolute atomic E-state index is 0.423. The van der Waals surface area contributed by atoms with Gasteiger partial charge in [-0.05, 0) is 40.8 Å². The number of nitrogens with one attached hydrogen (secondary N) is 1. The Morgan fingerprint density at radius 1 is 1.00 bits per heavy atom. The Balaban J connectivity index is 1.80. The molecule has 0 aliphatic carbocycles. The lowest BCUT2D eigenvalue weighted by Crippen LogP contribution is -2.21. The second-order valence-corrected chi connectivity index (χ2v) is 7.11. The van der Waals surface area contributed by atoms with E-state index in [1.165, 1.54) is 0 Å². The molecule has 0 saturated heterocycles. The van der Waals surface area contributed by atoms with Crippen LogP contribution in [0.25, 0.3) is 21.9 Å². The van der Waals surface area contributed by atoms with Crippen LogP contribution in [0.15, 0.2) is 53.5 Å². The summed E-state index contributed by atoms with van der Waals surface area (Å²) in [5.74, 6) is 2.29. The van der Waals surface area contributed by atoms with E-state index in [1.54, 1.807) is 14.2 Å². The van der Waals surface area contributed by atoms with Gasteiger partial charge >= 0.3 is 0 Å². The lowest BCUT2D eigenvalue weighted by molar-refractivity contribution is 0.146. The van der Waals surface area contributed by atoms with Crippen molar-refractivity contribution >= 4 is 28.2 Å². The highest BCUT2D eigenvalue weighted by Crippen LogP contribution is 2.38. The molecule has 1 N–H and O–H groups in total. The fourth-order valence-electron chi connectivity index (χ4n) is 3.43. The van der Waals surface area contributed by atoms with Gasteiger partial charge < -0.3 is 19.5 Å². The lowest BCUT2D eigenvalue weighted by atomic mass is 9.99. The zero-order valence-electron chi connectivity index (χ0n) is 16.5. The maximum Gasteiger partial charge on any atom is 0.149 e. The summed E-state index contributed by atoms with van der Waals surface area (Å²) >= 11 is 6.78. The summed E-state index contributed by atoms with van der Waals surface area (Å²) in [5, 5.41) is 5.89. The molecule has 1 heterocycles. The molecule has 1 aliphatic rings. The van der Waals surface area contributed by atoms with Crippen molar-refractivity contribution in [3.63, 3.8) is 0 Å². The number of ether oxygens (including phenoxy) is 3. The number of fused-ring (bicyclic) bond motifs is 1. The summed E-state index contributed by atoms with van der Waals surface area (Å²) < 4.78 is 16.3. The third-order valence-electron chi connectivity index (χ3n) is 4.92. The highest BCUT2D eigenvalue weighted by molar-refractivity contribution is 6.38. The van der Waals surface area contributed by atoms with Crippen molar-refractivity contribution in [1.82, 2.24) is 5.32 Å². The fraction of sp³-hybridized carbons (Fsp3) is 0.261. The van der Waals surface area contributed by atoms with E-state index in [4.69, 9.17) is 25.8 Å². The first-order valence-corrected chi connectivity index (χ1v) is 9.90. The molecule has 3 aromatic rings. The monoisotopic (exact) mass is 410 g/mol. The average molecular weight is 411 g/mol. The number of benzene rings is 3. The van der Waals surface area contributed by atoms with Crippen LogP contribution in [0.5, 0.6) is 11.5 Å². The number of rotatable bonds is 7. The maximum atomic E-state index is 6.78. The summed E-state index contributed by atoms with van der Waals surface area (Å²) in [6.45, 7) is 2.47. The van der Waals surface area contributed by atoms with Crippen molar-refractivity contribution in [2.45, 2.75) is 0 Å². The number of nitrogens with zero attached hydrogens (tertiary/aromatic N) is 1.